The third-order valence-corrected chi connectivity index (χ3v) is 5.04. The minimum atomic E-state index is -0.429. The summed E-state index contributed by atoms with van der Waals surface area (Å²) < 4.78 is 13.7. The largest absolute Gasteiger partial charge is 0.494 e. The normalized spacial score (nSPS) is 22.5. The highest BCUT2D eigenvalue weighted by Crippen LogP contribution is 2.29. The van der Waals surface area contributed by atoms with Crippen molar-refractivity contribution in [1.29, 1.82) is 0 Å². The van der Waals surface area contributed by atoms with Gasteiger partial charge in [0.05, 0.1) is 37.3 Å². The molecule has 0 aliphatic carbocycles. The van der Waals surface area contributed by atoms with Crippen LogP contribution in [-0.4, -0.2) is 58.1 Å². The highest BCUT2D eigenvalue weighted by molar-refractivity contribution is 5.92. The molecule has 138 valence electrons. The molecule has 0 bridgehead atoms. The lowest BCUT2D eigenvalue weighted by Crippen LogP contribution is -2.48. The molecule has 1 amide bonds. The van der Waals surface area contributed by atoms with E-state index < -0.39 is 5.91 Å². The van der Waals surface area contributed by atoms with Crippen LogP contribution in [0.3, 0.4) is 0 Å². The van der Waals surface area contributed by atoms with Crippen molar-refractivity contribution in [3.05, 3.63) is 41.7 Å². The third kappa shape index (κ3) is 3.56. The molecule has 8 nitrogen and oxygen atoms in total. The van der Waals surface area contributed by atoms with Crippen LogP contribution in [0.25, 0.3) is 0 Å². The summed E-state index contributed by atoms with van der Waals surface area (Å²) in [5.74, 6) is 0.323. The molecule has 0 radical (unpaired) electrons. The van der Waals surface area contributed by atoms with E-state index in [9.17, 15) is 4.79 Å². The Morgan fingerprint density at radius 3 is 3.00 bits per heavy atom. The van der Waals surface area contributed by atoms with Crippen molar-refractivity contribution in [1.82, 2.24) is 19.9 Å². The maximum atomic E-state index is 11.1. The van der Waals surface area contributed by atoms with Gasteiger partial charge < -0.3 is 20.1 Å². The second-order valence-corrected chi connectivity index (χ2v) is 6.77. The summed E-state index contributed by atoms with van der Waals surface area (Å²) in [7, 11) is 0. The van der Waals surface area contributed by atoms with E-state index in [1.807, 2.05) is 4.68 Å². The predicted octanol–water partition coefficient (Wildman–Crippen LogP) is 0.992. The molecule has 1 fully saturated rings. The van der Waals surface area contributed by atoms with Crippen LogP contribution in [0, 0.1) is 0 Å². The summed E-state index contributed by atoms with van der Waals surface area (Å²) in [6, 6.07) is 7.16. The third-order valence-electron chi connectivity index (χ3n) is 5.04. The van der Waals surface area contributed by atoms with Crippen LogP contribution in [0.15, 0.2) is 30.5 Å². The second kappa shape index (κ2) is 7.43. The highest BCUT2D eigenvalue weighted by atomic mass is 16.5. The molecule has 8 heteroatoms. The number of amides is 1. The van der Waals surface area contributed by atoms with Gasteiger partial charge in [-0.2, -0.15) is 0 Å². The molecule has 26 heavy (non-hydrogen) atoms. The van der Waals surface area contributed by atoms with Crippen LogP contribution in [0.1, 0.15) is 34.9 Å². The first-order chi connectivity index (χ1) is 12.7. The first-order valence-electron chi connectivity index (χ1n) is 8.96. The van der Waals surface area contributed by atoms with Gasteiger partial charge in [-0.3, -0.25) is 4.79 Å². The van der Waals surface area contributed by atoms with Crippen molar-refractivity contribution in [3.63, 3.8) is 0 Å². The fourth-order valence-corrected chi connectivity index (χ4v) is 3.64. The van der Waals surface area contributed by atoms with E-state index in [1.54, 1.807) is 30.5 Å². The molecule has 0 saturated carbocycles. The molecule has 0 spiro atoms. The number of benzene rings is 1. The van der Waals surface area contributed by atoms with Crippen LogP contribution in [0.4, 0.5) is 0 Å². The summed E-state index contributed by atoms with van der Waals surface area (Å²) in [6.07, 6.45) is 3.96. The van der Waals surface area contributed by atoms with Crippen molar-refractivity contribution < 1.29 is 14.3 Å². The lowest BCUT2D eigenvalue weighted by Gasteiger charge is -2.41. The highest BCUT2D eigenvalue weighted by Gasteiger charge is 2.36. The van der Waals surface area contributed by atoms with Crippen molar-refractivity contribution in [2.75, 3.05) is 26.2 Å². The first kappa shape index (κ1) is 17.0. The average Bonchev–Trinajstić information content (AvgIpc) is 3.15. The summed E-state index contributed by atoms with van der Waals surface area (Å²) in [5.41, 5.74) is 6.77. The van der Waals surface area contributed by atoms with E-state index in [4.69, 9.17) is 15.2 Å². The van der Waals surface area contributed by atoms with Crippen molar-refractivity contribution in [2.24, 2.45) is 5.73 Å². The molecule has 2 atom stereocenters. The predicted molar refractivity (Wildman–Crippen MR) is 93.8 cm³/mol. The number of rotatable bonds is 6. The van der Waals surface area contributed by atoms with Crippen molar-refractivity contribution >= 4 is 5.91 Å². The van der Waals surface area contributed by atoms with Gasteiger partial charge in [-0.25, -0.2) is 4.68 Å². The minimum absolute atomic E-state index is 0.237. The summed E-state index contributed by atoms with van der Waals surface area (Å²) in [6.45, 7) is 4.15. The zero-order valence-corrected chi connectivity index (χ0v) is 14.6. The number of nitrogens with two attached hydrogens (primary N) is 1. The second-order valence-electron chi connectivity index (χ2n) is 6.77. The zero-order chi connectivity index (χ0) is 17.9. The number of carbonyl (C=O) groups is 1. The number of hydrogen-bond acceptors (Lipinski definition) is 6. The van der Waals surface area contributed by atoms with E-state index in [0.717, 1.165) is 43.9 Å². The van der Waals surface area contributed by atoms with Gasteiger partial charge in [0.2, 0.25) is 5.91 Å². The lowest BCUT2D eigenvalue weighted by atomic mass is 10.0. The van der Waals surface area contributed by atoms with Gasteiger partial charge in [-0.1, -0.05) is 5.21 Å². The maximum absolute atomic E-state index is 11.1. The van der Waals surface area contributed by atoms with Gasteiger partial charge in [0.1, 0.15) is 5.75 Å². The Hall–Kier alpha value is -2.45. The number of aromatic nitrogens is 3. The van der Waals surface area contributed by atoms with E-state index in [-0.39, 0.29) is 12.1 Å². The average molecular weight is 357 g/mol. The SMILES string of the molecule is NC(=O)c1ccc(OCCCN2CC[C@@H]3OCc4cnnn4[C@@H]3C2)cc1. The minimum Gasteiger partial charge on any atom is -0.494 e. The molecular weight excluding hydrogens is 334 g/mol. The van der Waals surface area contributed by atoms with E-state index in [0.29, 0.717) is 18.8 Å². The van der Waals surface area contributed by atoms with Crippen LogP contribution < -0.4 is 10.5 Å². The van der Waals surface area contributed by atoms with Crippen LogP contribution in [0.2, 0.25) is 0 Å². The number of primary amides is 1. The summed E-state index contributed by atoms with van der Waals surface area (Å²) in [4.78, 5) is 13.5. The molecule has 1 saturated heterocycles. The molecule has 3 heterocycles. The van der Waals surface area contributed by atoms with Crippen molar-refractivity contribution in [3.8, 4) is 5.75 Å². The fourth-order valence-electron chi connectivity index (χ4n) is 3.64. The van der Waals surface area contributed by atoms with Crippen LogP contribution >= 0.6 is 0 Å². The number of fused-ring (bicyclic) bond motifs is 3. The number of likely N-dealkylation sites (tertiary alicyclic amines) is 1. The van der Waals surface area contributed by atoms with Gasteiger partial charge >= 0.3 is 0 Å². The van der Waals surface area contributed by atoms with E-state index in [1.165, 1.54) is 0 Å². The Morgan fingerprint density at radius 2 is 2.19 bits per heavy atom. The number of hydrogen-bond donors (Lipinski definition) is 1. The Balaban J connectivity index is 1.24. The topological polar surface area (TPSA) is 95.5 Å². The molecule has 2 aliphatic rings. The molecule has 2 aliphatic heterocycles. The van der Waals surface area contributed by atoms with Crippen molar-refractivity contribution in [2.45, 2.75) is 31.6 Å². The molecule has 2 aromatic rings. The molecule has 1 aromatic heterocycles. The molecule has 2 N–H and O–H groups in total. The number of piperidine rings is 1. The Labute approximate surface area is 151 Å². The quantitative estimate of drug-likeness (QED) is 0.775. The molecule has 1 aromatic carbocycles. The Kier molecular flexibility index (Phi) is 4.85. The number of nitrogens with zero attached hydrogens (tertiary/aromatic N) is 4. The Morgan fingerprint density at radius 1 is 1.35 bits per heavy atom. The summed E-state index contributed by atoms with van der Waals surface area (Å²) in [5, 5.41) is 8.24. The summed E-state index contributed by atoms with van der Waals surface area (Å²) >= 11 is 0. The fraction of sp³-hybridized carbons (Fsp3) is 0.500. The monoisotopic (exact) mass is 357 g/mol. The van der Waals surface area contributed by atoms with Crippen LogP contribution in [0.5, 0.6) is 5.75 Å². The van der Waals surface area contributed by atoms with Gasteiger partial charge in [-0.15, -0.1) is 5.10 Å². The number of ether oxygens (including phenoxy) is 2. The number of carbonyl (C=O) groups excluding carboxylic acids is 1. The maximum Gasteiger partial charge on any atom is 0.248 e. The first-order valence-corrected chi connectivity index (χ1v) is 8.96. The van der Waals surface area contributed by atoms with Gasteiger partial charge in [-0.05, 0) is 37.1 Å². The molecule has 0 unspecified atom stereocenters. The smallest absolute Gasteiger partial charge is 0.248 e. The zero-order valence-electron chi connectivity index (χ0n) is 14.6. The molecular formula is C18H23N5O3. The standard InChI is InChI=1S/C18H23N5O3/c19-18(24)13-2-4-15(5-3-13)25-9-1-7-22-8-6-17-16(11-22)23-14(12-26-17)10-20-21-23/h2-5,10,16-17H,1,6-9,11-12H2,(H2,19,24)/t16-,17+/m1/s1. The van der Waals surface area contributed by atoms with Gasteiger partial charge in [0, 0.05) is 25.2 Å². The molecule has 4 rings (SSSR count). The van der Waals surface area contributed by atoms with Gasteiger partial charge in [0.25, 0.3) is 0 Å². The van der Waals surface area contributed by atoms with Gasteiger partial charge in [0.15, 0.2) is 0 Å². The lowest BCUT2D eigenvalue weighted by molar-refractivity contribution is -0.0659. The van der Waals surface area contributed by atoms with E-state index >= 15 is 0 Å². The van der Waals surface area contributed by atoms with Crippen LogP contribution in [-0.2, 0) is 11.3 Å². The van der Waals surface area contributed by atoms with E-state index in [2.05, 4.69) is 15.2 Å². The Bertz CT molecular complexity index is 760.